The Labute approximate surface area is 131 Å². The minimum absolute atomic E-state index is 0.471. The smallest absolute Gasteiger partial charge is 0.151 e. The highest BCUT2D eigenvalue weighted by molar-refractivity contribution is 7.09. The van der Waals surface area contributed by atoms with Crippen LogP contribution in [0.2, 0.25) is 0 Å². The third-order valence-electron chi connectivity index (χ3n) is 3.37. The van der Waals surface area contributed by atoms with E-state index in [1.165, 1.54) is 4.88 Å². The van der Waals surface area contributed by atoms with Crippen molar-refractivity contribution in [2.45, 2.75) is 52.9 Å². The summed E-state index contributed by atoms with van der Waals surface area (Å²) in [5.41, 5.74) is 0.985. The second-order valence-corrected chi connectivity index (χ2v) is 6.57. The highest BCUT2D eigenvalue weighted by atomic mass is 32.1. The van der Waals surface area contributed by atoms with E-state index in [-0.39, 0.29) is 0 Å². The average Bonchev–Trinajstić information content (AvgIpc) is 3.10. The number of rotatable bonds is 9. The second kappa shape index (κ2) is 8.32. The van der Waals surface area contributed by atoms with Crippen LogP contribution >= 0.6 is 11.3 Å². The number of nitrogens with zero attached hydrogens (tertiary/aromatic N) is 2. The fourth-order valence-electron chi connectivity index (χ4n) is 2.13. The molecule has 0 spiro atoms. The van der Waals surface area contributed by atoms with Gasteiger partial charge in [-0.15, -0.1) is 11.3 Å². The molecule has 0 unspecified atom stereocenters. The standard InChI is InChI=1S/C16H25N3OS/c1-4-7-17-10-14-9-15(20-18-14)11-19(13(2)3)12-16-6-5-8-21-16/h5-6,8-9,13,17H,4,7,10-12H2,1-3H3. The molecule has 0 saturated heterocycles. The first-order valence-corrected chi connectivity index (χ1v) is 8.48. The molecule has 116 valence electrons. The highest BCUT2D eigenvalue weighted by Gasteiger charge is 2.14. The maximum atomic E-state index is 5.47. The fraction of sp³-hybridized carbons (Fsp3) is 0.562. The van der Waals surface area contributed by atoms with Gasteiger partial charge in [-0.05, 0) is 38.3 Å². The number of thiophene rings is 1. The first-order valence-electron chi connectivity index (χ1n) is 7.60. The Morgan fingerprint density at radius 1 is 1.38 bits per heavy atom. The van der Waals surface area contributed by atoms with Gasteiger partial charge in [0.1, 0.15) is 0 Å². The number of nitrogens with one attached hydrogen (secondary N) is 1. The molecule has 2 aromatic heterocycles. The monoisotopic (exact) mass is 307 g/mol. The molecular weight excluding hydrogens is 282 g/mol. The van der Waals surface area contributed by atoms with Crippen LogP contribution in [-0.4, -0.2) is 22.6 Å². The van der Waals surface area contributed by atoms with Crippen LogP contribution < -0.4 is 5.32 Å². The van der Waals surface area contributed by atoms with E-state index in [2.05, 4.69) is 59.7 Å². The largest absolute Gasteiger partial charge is 0.360 e. The fourth-order valence-corrected chi connectivity index (χ4v) is 2.86. The summed E-state index contributed by atoms with van der Waals surface area (Å²) in [5, 5.41) is 9.60. The van der Waals surface area contributed by atoms with Gasteiger partial charge < -0.3 is 9.84 Å². The molecule has 0 radical (unpaired) electrons. The highest BCUT2D eigenvalue weighted by Crippen LogP contribution is 2.17. The summed E-state index contributed by atoms with van der Waals surface area (Å²) in [5.74, 6) is 0.938. The van der Waals surface area contributed by atoms with E-state index >= 15 is 0 Å². The Bertz CT molecular complexity index is 507. The molecule has 1 N–H and O–H groups in total. The molecule has 0 amide bonds. The third-order valence-corrected chi connectivity index (χ3v) is 4.23. The van der Waals surface area contributed by atoms with Crippen molar-refractivity contribution in [2.75, 3.05) is 6.54 Å². The molecule has 2 aromatic rings. The van der Waals surface area contributed by atoms with Crippen LogP contribution in [-0.2, 0) is 19.6 Å². The SMILES string of the molecule is CCCNCc1cc(CN(Cc2cccs2)C(C)C)on1. The summed E-state index contributed by atoms with van der Waals surface area (Å²) in [4.78, 5) is 3.78. The lowest BCUT2D eigenvalue weighted by molar-refractivity contribution is 0.181. The van der Waals surface area contributed by atoms with Gasteiger partial charge in [0.25, 0.3) is 0 Å². The van der Waals surface area contributed by atoms with E-state index in [4.69, 9.17) is 4.52 Å². The minimum atomic E-state index is 0.471. The van der Waals surface area contributed by atoms with Crippen LogP contribution in [0.25, 0.3) is 0 Å². The molecule has 0 aliphatic rings. The quantitative estimate of drug-likeness (QED) is 0.718. The summed E-state index contributed by atoms with van der Waals surface area (Å²) >= 11 is 1.80. The van der Waals surface area contributed by atoms with Gasteiger partial charge in [-0.1, -0.05) is 18.1 Å². The van der Waals surface area contributed by atoms with Crippen LogP contribution in [0.5, 0.6) is 0 Å². The Kier molecular flexibility index (Phi) is 6.42. The Balaban J connectivity index is 1.91. The van der Waals surface area contributed by atoms with Crippen molar-refractivity contribution in [2.24, 2.45) is 0 Å². The van der Waals surface area contributed by atoms with Gasteiger partial charge in [0, 0.05) is 30.1 Å². The lowest BCUT2D eigenvalue weighted by Gasteiger charge is -2.24. The maximum absolute atomic E-state index is 5.47. The molecule has 2 heterocycles. The van der Waals surface area contributed by atoms with E-state index < -0.39 is 0 Å². The van der Waals surface area contributed by atoms with E-state index in [1.807, 2.05) is 0 Å². The summed E-state index contributed by atoms with van der Waals surface area (Å²) in [6.07, 6.45) is 1.13. The van der Waals surface area contributed by atoms with E-state index in [0.29, 0.717) is 6.04 Å². The van der Waals surface area contributed by atoms with Crippen LogP contribution in [0.1, 0.15) is 43.5 Å². The topological polar surface area (TPSA) is 41.3 Å². The summed E-state index contributed by atoms with van der Waals surface area (Å²) < 4.78 is 5.47. The predicted molar refractivity (Wildman–Crippen MR) is 87.2 cm³/mol. The Morgan fingerprint density at radius 2 is 2.24 bits per heavy atom. The lowest BCUT2D eigenvalue weighted by Crippen LogP contribution is -2.29. The van der Waals surface area contributed by atoms with Crippen LogP contribution in [0.3, 0.4) is 0 Å². The lowest BCUT2D eigenvalue weighted by atomic mass is 10.2. The summed E-state index contributed by atoms with van der Waals surface area (Å²) in [6.45, 7) is 10.1. The Morgan fingerprint density at radius 3 is 2.90 bits per heavy atom. The molecule has 0 saturated carbocycles. The molecule has 0 atom stereocenters. The molecule has 0 aliphatic carbocycles. The third kappa shape index (κ3) is 5.26. The average molecular weight is 307 g/mol. The number of hydrogen-bond donors (Lipinski definition) is 1. The zero-order chi connectivity index (χ0) is 15.1. The van der Waals surface area contributed by atoms with Gasteiger partial charge in [0.2, 0.25) is 0 Å². The molecule has 21 heavy (non-hydrogen) atoms. The zero-order valence-corrected chi connectivity index (χ0v) is 13.9. The van der Waals surface area contributed by atoms with E-state index in [0.717, 1.165) is 44.1 Å². The molecule has 0 aliphatic heterocycles. The van der Waals surface area contributed by atoms with Crippen molar-refractivity contribution < 1.29 is 4.52 Å². The normalized spacial score (nSPS) is 11.7. The van der Waals surface area contributed by atoms with Crippen molar-refractivity contribution in [3.05, 3.63) is 39.9 Å². The van der Waals surface area contributed by atoms with Gasteiger partial charge in [-0.3, -0.25) is 4.90 Å². The van der Waals surface area contributed by atoms with Crippen LogP contribution in [0.4, 0.5) is 0 Å². The Hall–Kier alpha value is -1.17. The van der Waals surface area contributed by atoms with Gasteiger partial charge >= 0.3 is 0 Å². The van der Waals surface area contributed by atoms with Gasteiger partial charge in [-0.2, -0.15) is 0 Å². The van der Waals surface area contributed by atoms with Crippen molar-refractivity contribution in [3.8, 4) is 0 Å². The summed E-state index contributed by atoms with van der Waals surface area (Å²) in [6, 6.07) is 6.82. The predicted octanol–water partition coefficient (Wildman–Crippen LogP) is 3.65. The summed E-state index contributed by atoms with van der Waals surface area (Å²) in [7, 11) is 0. The molecule has 0 bridgehead atoms. The zero-order valence-electron chi connectivity index (χ0n) is 13.1. The number of aromatic nitrogens is 1. The van der Waals surface area contributed by atoms with Crippen LogP contribution in [0, 0.1) is 0 Å². The van der Waals surface area contributed by atoms with Crippen molar-refractivity contribution in [1.29, 1.82) is 0 Å². The molecular formula is C16H25N3OS. The second-order valence-electron chi connectivity index (χ2n) is 5.54. The van der Waals surface area contributed by atoms with Gasteiger partial charge in [0.15, 0.2) is 5.76 Å². The first-order chi connectivity index (χ1) is 10.2. The first kappa shape index (κ1) is 16.2. The molecule has 5 heteroatoms. The maximum Gasteiger partial charge on any atom is 0.151 e. The molecule has 2 rings (SSSR count). The van der Waals surface area contributed by atoms with Crippen molar-refractivity contribution >= 4 is 11.3 Å². The van der Waals surface area contributed by atoms with Crippen molar-refractivity contribution in [3.63, 3.8) is 0 Å². The van der Waals surface area contributed by atoms with Gasteiger partial charge in [-0.25, -0.2) is 0 Å². The van der Waals surface area contributed by atoms with Gasteiger partial charge in [0.05, 0.1) is 12.2 Å². The van der Waals surface area contributed by atoms with Crippen molar-refractivity contribution in [1.82, 2.24) is 15.4 Å². The van der Waals surface area contributed by atoms with E-state index in [9.17, 15) is 0 Å². The minimum Gasteiger partial charge on any atom is -0.360 e. The van der Waals surface area contributed by atoms with E-state index in [1.54, 1.807) is 11.3 Å². The van der Waals surface area contributed by atoms with Crippen LogP contribution in [0.15, 0.2) is 28.1 Å². The number of hydrogen-bond acceptors (Lipinski definition) is 5. The molecule has 0 fully saturated rings. The molecule has 4 nitrogen and oxygen atoms in total. The molecule has 0 aromatic carbocycles.